The third-order valence-corrected chi connectivity index (χ3v) is 5.09. The van der Waals surface area contributed by atoms with Gasteiger partial charge in [0.2, 0.25) is 5.91 Å². The number of carbonyl (C=O) groups excluding carboxylic acids is 1. The zero-order chi connectivity index (χ0) is 17.2. The van der Waals surface area contributed by atoms with Crippen LogP contribution >= 0.6 is 0 Å². The highest BCUT2D eigenvalue weighted by molar-refractivity contribution is 7.91. The summed E-state index contributed by atoms with van der Waals surface area (Å²) < 4.78 is 30.1. The molecule has 2 aromatic carbocycles. The van der Waals surface area contributed by atoms with Gasteiger partial charge in [0, 0.05) is 12.6 Å². The van der Waals surface area contributed by atoms with E-state index in [1.807, 2.05) is 24.3 Å². The minimum absolute atomic E-state index is 0.192. The minimum Gasteiger partial charge on any atom is -0.379 e. The Morgan fingerprint density at radius 2 is 1.75 bits per heavy atom. The maximum Gasteiger partial charge on any atom is 0.335 e. The monoisotopic (exact) mass is 343 g/mol. The van der Waals surface area contributed by atoms with Gasteiger partial charge in [0.05, 0.1) is 4.91 Å². The molecule has 1 aliphatic rings. The van der Waals surface area contributed by atoms with E-state index in [0.717, 1.165) is 11.1 Å². The van der Waals surface area contributed by atoms with E-state index in [9.17, 15) is 13.2 Å². The van der Waals surface area contributed by atoms with Gasteiger partial charge in [0.15, 0.2) is 0 Å². The molecule has 5 nitrogen and oxygen atoms in total. The number of hydrogen-bond donors (Lipinski definition) is 1. The van der Waals surface area contributed by atoms with E-state index < -0.39 is 10.1 Å². The summed E-state index contributed by atoms with van der Waals surface area (Å²) in [5.74, 6) is 0.0196. The molecule has 0 aliphatic heterocycles. The first kappa shape index (κ1) is 16.3. The fourth-order valence-corrected chi connectivity index (χ4v) is 3.68. The molecule has 0 spiro atoms. The van der Waals surface area contributed by atoms with Crippen molar-refractivity contribution >= 4 is 27.8 Å². The van der Waals surface area contributed by atoms with Crippen LogP contribution in [0.15, 0.2) is 53.4 Å². The summed E-state index contributed by atoms with van der Waals surface area (Å²) in [6, 6.07) is 13.9. The Hall–Kier alpha value is -2.60. The van der Waals surface area contributed by atoms with Crippen LogP contribution in [0.25, 0.3) is 6.08 Å². The third-order valence-electron chi connectivity index (χ3n) is 3.71. The number of amides is 1. The predicted molar refractivity (Wildman–Crippen MR) is 93.0 cm³/mol. The lowest BCUT2D eigenvalue weighted by atomic mass is 9.98. The molecule has 0 radical (unpaired) electrons. The van der Waals surface area contributed by atoms with Crippen LogP contribution in [0.1, 0.15) is 24.5 Å². The topological polar surface area (TPSA) is 72.5 Å². The molecule has 0 atom stereocenters. The molecule has 0 bridgehead atoms. The summed E-state index contributed by atoms with van der Waals surface area (Å²) in [4.78, 5) is 11.3. The SMILES string of the molecule is CC(=O)Nc1ccc(OS(=O)(=O)C2=Cc3ccccc3CC2)cc1. The fraction of sp³-hybridized carbons (Fsp3) is 0.167. The molecule has 3 rings (SSSR count). The lowest BCUT2D eigenvalue weighted by molar-refractivity contribution is -0.114. The van der Waals surface area contributed by atoms with Crippen molar-refractivity contribution in [2.45, 2.75) is 19.8 Å². The molecule has 6 heteroatoms. The Bertz CT molecular complexity index is 899. The minimum atomic E-state index is -3.84. The lowest BCUT2D eigenvalue weighted by Gasteiger charge is -2.16. The maximum atomic E-state index is 12.5. The molecular weight excluding hydrogens is 326 g/mol. The second kappa shape index (κ2) is 6.49. The van der Waals surface area contributed by atoms with Crippen LogP contribution in [0.3, 0.4) is 0 Å². The summed E-state index contributed by atoms with van der Waals surface area (Å²) in [7, 11) is -3.84. The van der Waals surface area contributed by atoms with Gasteiger partial charge in [-0.05, 0) is 54.3 Å². The van der Waals surface area contributed by atoms with E-state index in [2.05, 4.69) is 5.32 Å². The fourth-order valence-electron chi connectivity index (χ4n) is 2.58. The van der Waals surface area contributed by atoms with E-state index in [1.165, 1.54) is 19.1 Å². The Morgan fingerprint density at radius 1 is 1.04 bits per heavy atom. The van der Waals surface area contributed by atoms with Gasteiger partial charge in [0.1, 0.15) is 5.75 Å². The number of anilines is 1. The van der Waals surface area contributed by atoms with Gasteiger partial charge >= 0.3 is 10.1 Å². The molecule has 0 saturated heterocycles. The number of allylic oxidation sites excluding steroid dienone is 1. The smallest absolute Gasteiger partial charge is 0.335 e. The standard InChI is InChI=1S/C18H17NO4S/c1-13(20)19-16-7-9-17(10-8-16)23-24(21,22)18-11-6-14-4-2-3-5-15(14)12-18/h2-5,7-10,12H,6,11H2,1H3,(H,19,20). The normalized spacial score (nSPS) is 13.6. The highest BCUT2D eigenvalue weighted by Crippen LogP contribution is 2.29. The summed E-state index contributed by atoms with van der Waals surface area (Å²) in [6.07, 6.45) is 2.76. The number of benzene rings is 2. The number of aryl methyl sites for hydroxylation is 1. The van der Waals surface area contributed by atoms with Crippen molar-refractivity contribution in [2.75, 3.05) is 5.32 Å². The molecule has 24 heavy (non-hydrogen) atoms. The second-order valence-electron chi connectivity index (χ2n) is 5.55. The Balaban J connectivity index is 1.79. The molecule has 0 heterocycles. The molecule has 0 fully saturated rings. The average molecular weight is 343 g/mol. The van der Waals surface area contributed by atoms with Crippen LogP contribution in [-0.4, -0.2) is 14.3 Å². The van der Waals surface area contributed by atoms with Crippen LogP contribution < -0.4 is 9.50 Å². The van der Waals surface area contributed by atoms with E-state index in [0.29, 0.717) is 18.5 Å². The summed E-state index contributed by atoms with van der Waals surface area (Å²) in [5.41, 5.74) is 2.63. The second-order valence-corrected chi connectivity index (χ2v) is 7.15. The van der Waals surface area contributed by atoms with Crippen molar-refractivity contribution in [3.63, 3.8) is 0 Å². The highest BCUT2D eigenvalue weighted by atomic mass is 32.2. The molecule has 124 valence electrons. The average Bonchev–Trinajstić information content (AvgIpc) is 2.55. The largest absolute Gasteiger partial charge is 0.379 e. The van der Waals surface area contributed by atoms with E-state index in [-0.39, 0.29) is 16.6 Å². The van der Waals surface area contributed by atoms with Crippen LogP contribution in [0.2, 0.25) is 0 Å². The van der Waals surface area contributed by atoms with Crippen LogP contribution in [-0.2, 0) is 21.3 Å². The van der Waals surface area contributed by atoms with Crippen molar-refractivity contribution < 1.29 is 17.4 Å². The van der Waals surface area contributed by atoms with E-state index in [4.69, 9.17) is 4.18 Å². The molecule has 0 unspecified atom stereocenters. The Morgan fingerprint density at radius 3 is 2.46 bits per heavy atom. The number of carbonyl (C=O) groups is 1. The molecule has 0 aromatic heterocycles. The van der Waals surface area contributed by atoms with E-state index in [1.54, 1.807) is 18.2 Å². The first-order valence-electron chi connectivity index (χ1n) is 7.55. The van der Waals surface area contributed by atoms with Gasteiger partial charge in [-0.1, -0.05) is 24.3 Å². The first-order valence-corrected chi connectivity index (χ1v) is 8.95. The molecule has 1 aliphatic carbocycles. The lowest BCUT2D eigenvalue weighted by Crippen LogP contribution is -2.15. The zero-order valence-electron chi connectivity index (χ0n) is 13.2. The van der Waals surface area contributed by atoms with Gasteiger partial charge in [-0.15, -0.1) is 0 Å². The quantitative estimate of drug-likeness (QED) is 0.864. The summed E-state index contributed by atoms with van der Waals surface area (Å²) in [6.45, 7) is 1.41. The summed E-state index contributed by atoms with van der Waals surface area (Å²) >= 11 is 0. The zero-order valence-corrected chi connectivity index (χ0v) is 14.0. The van der Waals surface area contributed by atoms with E-state index >= 15 is 0 Å². The predicted octanol–water partition coefficient (Wildman–Crippen LogP) is 3.34. The molecular formula is C18H17NO4S. The number of fused-ring (bicyclic) bond motifs is 1. The van der Waals surface area contributed by atoms with Crippen molar-refractivity contribution in [1.29, 1.82) is 0 Å². The number of rotatable bonds is 4. The molecule has 0 saturated carbocycles. The van der Waals surface area contributed by atoms with Crippen LogP contribution in [0.4, 0.5) is 5.69 Å². The Labute approximate surface area is 141 Å². The van der Waals surface area contributed by atoms with Crippen LogP contribution in [0, 0.1) is 0 Å². The molecule has 1 N–H and O–H groups in total. The van der Waals surface area contributed by atoms with Gasteiger partial charge in [0.25, 0.3) is 0 Å². The van der Waals surface area contributed by atoms with Crippen molar-refractivity contribution in [3.8, 4) is 5.75 Å². The third kappa shape index (κ3) is 3.65. The molecule has 2 aromatic rings. The maximum absolute atomic E-state index is 12.5. The van der Waals surface area contributed by atoms with Crippen molar-refractivity contribution in [3.05, 3.63) is 64.6 Å². The van der Waals surface area contributed by atoms with Gasteiger partial charge < -0.3 is 9.50 Å². The van der Waals surface area contributed by atoms with Crippen molar-refractivity contribution in [1.82, 2.24) is 0 Å². The van der Waals surface area contributed by atoms with Gasteiger partial charge in [-0.3, -0.25) is 4.79 Å². The number of nitrogens with one attached hydrogen (secondary N) is 1. The first-order chi connectivity index (χ1) is 11.4. The Kier molecular flexibility index (Phi) is 4.40. The number of hydrogen-bond acceptors (Lipinski definition) is 4. The molecule has 1 amide bonds. The highest BCUT2D eigenvalue weighted by Gasteiger charge is 2.23. The summed E-state index contributed by atoms with van der Waals surface area (Å²) in [5, 5.41) is 2.61. The van der Waals surface area contributed by atoms with Crippen molar-refractivity contribution in [2.24, 2.45) is 0 Å². The van der Waals surface area contributed by atoms with Gasteiger partial charge in [-0.25, -0.2) is 0 Å². The van der Waals surface area contributed by atoms with Crippen LogP contribution in [0.5, 0.6) is 5.75 Å². The van der Waals surface area contributed by atoms with Gasteiger partial charge in [-0.2, -0.15) is 8.42 Å².